The lowest BCUT2D eigenvalue weighted by Gasteiger charge is -2.30. The first kappa shape index (κ1) is 16.6. The summed E-state index contributed by atoms with van der Waals surface area (Å²) >= 11 is 0. The van der Waals surface area contributed by atoms with E-state index in [1.54, 1.807) is 0 Å². The number of nitrogens with zero attached hydrogens (tertiary/aromatic N) is 2. The summed E-state index contributed by atoms with van der Waals surface area (Å²) in [5.74, 6) is 0.805. The third-order valence-electron chi connectivity index (χ3n) is 4.36. The summed E-state index contributed by atoms with van der Waals surface area (Å²) in [5, 5.41) is 0. The van der Waals surface area contributed by atoms with E-state index in [2.05, 4.69) is 21.6 Å². The zero-order valence-corrected chi connectivity index (χ0v) is 14.3. The largest absolute Gasteiger partial charge is 0.462 e. The number of carbonyl (C=O) groups is 1. The number of esters is 1. The Kier molecular flexibility index (Phi) is 5.20. The smallest absolute Gasteiger partial charge is 0.340 e. The topological polar surface area (TPSA) is 43.7 Å². The third kappa shape index (κ3) is 3.46. The third-order valence-corrected chi connectivity index (χ3v) is 4.36. The van der Waals surface area contributed by atoms with E-state index in [-0.39, 0.29) is 5.97 Å². The molecule has 0 bridgehead atoms. The van der Waals surface area contributed by atoms with Crippen LogP contribution in [0.2, 0.25) is 0 Å². The minimum Gasteiger partial charge on any atom is -0.462 e. The van der Waals surface area contributed by atoms with Crippen LogP contribution in [0.25, 0.3) is 0 Å². The molecular formula is C19H24N2O3. The molecule has 0 amide bonds. The zero-order chi connectivity index (χ0) is 16.9. The van der Waals surface area contributed by atoms with Crippen LogP contribution in [0.5, 0.6) is 0 Å². The van der Waals surface area contributed by atoms with Crippen molar-refractivity contribution < 1.29 is 14.3 Å². The minimum atomic E-state index is -0.253. The molecule has 0 aliphatic carbocycles. The van der Waals surface area contributed by atoms with Crippen LogP contribution in [0.4, 0.5) is 5.82 Å². The van der Waals surface area contributed by atoms with Gasteiger partial charge in [-0.1, -0.05) is 30.3 Å². The quantitative estimate of drug-likeness (QED) is 0.792. The van der Waals surface area contributed by atoms with E-state index >= 15 is 0 Å². The lowest BCUT2D eigenvalue weighted by Crippen LogP contribution is -2.37. The average Bonchev–Trinajstić information content (AvgIpc) is 2.94. The maximum Gasteiger partial charge on any atom is 0.340 e. The molecule has 0 N–H and O–H groups in total. The normalized spacial score (nSPS) is 14.7. The zero-order valence-electron chi connectivity index (χ0n) is 14.3. The molecule has 3 rings (SSSR count). The predicted octanol–water partition coefficient (Wildman–Crippen LogP) is 2.86. The summed E-state index contributed by atoms with van der Waals surface area (Å²) < 4.78 is 12.9. The first-order chi connectivity index (χ1) is 11.7. The number of hydrogen-bond donors (Lipinski definition) is 0. The highest BCUT2D eigenvalue weighted by atomic mass is 16.5. The van der Waals surface area contributed by atoms with Crippen molar-refractivity contribution in [2.24, 2.45) is 0 Å². The van der Waals surface area contributed by atoms with Crippen LogP contribution in [-0.2, 0) is 16.0 Å². The van der Waals surface area contributed by atoms with Gasteiger partial charge in [0.05, 0.1) is 25.4 Å². The maximum absolute atomic E-state index is 12.3. The summed E-state index contributed by atoms with van der Waals surface area (Å²) in [7, 11) is 0. The fourth-order valence-electron chi connectivity index (χ4n) is 3.06. The van der Waals surface area contributed by atoms with Crippen molar-refractivity contribution in [3.05, 3.63) is 53.2 Å². The maximum atomic E-state index is 12.3. The van der Waals surface area contributed by atoms with Crippen LogP contribution in [0.3, 0.4) is 0 Å². The van der Waals surface area contributed by atoms with Gasteiger partial charge in [-0.15, -0.1) is 0 Å². The Labute approximate surface area is 142 Å². The lowest BCUT2D eigenvalue weighted by molar-refractivity contribution is 0.0525. The van der Waals surface area contributed by atoms with Crippen LogP contribution < -0.4 is 4.90 Å². The van der Waals surface area contributed by atoms with E-state index in [0.717, 1.165) is 31.1 Å². The number of aromatic nitrogens is 1. The molecule has 1 fully saturated rings. The highest BCUT2D eigenvalue weighted by Crippen LogP contribution is 2.26. The summed E-state index contributed by atoms with van der Waals surface area (Å²) in [5.41, 5.74) is 2.80. The molecule has 5 nitrogen and oxygen atoms in total. The first-order valence-electron chi connectivity index (χ1n) is 8.44. The molecule has 1 aliphatic rings. The van der Waals surface area contributed by atoms with Crippen LogP contribution in [0.15, 0.2) is 36.4 Å². The van der Waals surface area contributed by atoms with Crippen molar-refractivity contribution >= 4 is 11.8 Å². The van der Waals surface area contributed by atoms with Gasteiger partial charge in [0, 0.05) is 25.3 Å². The summed E-state index contributed by atoms with van der Waals surface area (Å²) in [6.07, 6.45) is 0. The molecule has 24 heavy (non-hydrogen) atoms. The van der Waals surface area contributed by atoms with Gasteiger partial charge < -0.3 is 18.9 Å². The van der Waals surface area contributed by atoms with Crippen LogP contribution in [-0.4, -0.2) is 43.4 Å². The van der Waals surface area contributed by atoms with Crippen molar-refractivity contribution in [1.29, 1.82) is 0 Å². The van der Waals surface area contributed by atoms with Crippen molar-refractivity contribution in [2.75, 3.05) is 37.8 Å². The second kappa shape index (κ2) is 7.53. The van der Waals surface area contributed by atoms with E-state index in [9.17, 15) is 4.79 Å². The van der Waals surface area contributed by atoms with Gasteiger partial charge in [-0.05, 0) is 25.5 Å². The van der Waals surface area contributed by atoms with Crippen LogP contribution in [0.1, 0.15) is 28.5 Å². The fourth-order valence-corrected chi connectivity index (χ4v) is 3.06. The van der Waals surface area contributed by atoms with Gasteiger partial charge in [0.25, 0.3) is 0 Å². The SMILES string of the molecule is CCOC(=O)c1cc(N2CCOCC2)n(Cc2ccccc2)c1C. The van der Waals surface area contributed by atoms with Crippen molar-refractivity contribution in [2.45, 2.75) is 20.4 Å². The molecule has 0 unspecified atom stereocenters. The van der Waals surface area contributed by atoms with Gasteiger partial charge in [-0.3, -0.25) is 0 Å². The summed E-state index contributed by atoms with van der Waals surface area (Å²) in [6, 6.07) is 12.3. The lowest BCUT2D eigenvalue weighted by atomic mass is 10.2. The molecule has 1 aliphatic heterocycles. The molecule has 1 saturated heterocycles. The molecule has 1 aromatic heterocycles. The number of morpholine rings is 1. The highest BCUT2D eigenvalue weighted by Gasteiger charge is 2.23. The molecule has 0 spiro atoms. The second-order valence-corrected chi connectivity index (χ2v) is 5.89. The Morgan fingerprint density at radius 2 is 1.92 bits per heavy atom. The number of hydrogen-bond acceptors (Lipinski definition) is 4. The minimum absolute atomic E-state index is 0.253. The van der Waals surface area contributed by atoms with Gasteiger partial charge in [0.1, 0.15) is 5.82 Å². The van der Waals surface area contributed by atoms with Crippen LogP contribution >= 0.6 is 0 Å². The van der Waals surface area contributed by atoms with Crippen molar-refractivity contribution in [3.63, 3.8) is 0 Å². The molecule has 0 atom stereocenters. The standard InChI is InChI=1S/C19H24N2O3/c1-3-24-19(22)17-13-18(20-9-11-23-12-10-20)21(15(17)2)14-16-7-5-4-6-8-16/h4-8,13H,3,9-12,14H2,1-2H3. The van der Waals surface area contributed by atoms with Gasteiger partial charge in [-0.25, -0.2) is 4.79 Å². The molecule has 5 heteroatoms. The highest BCUT2D eigenvalue weighted by molar-refractivity contribution is 5.92. The van der Waals surface area contributed by atoms with E-state index in [1.807, 2.05) is 38.1 Å². The molecule has 128 valence electrons. The van der Waals surface area contributed by atoms with Gasteiger partial charge in [-0.2, -0.15) is 0 Å². The van der Waals surface area contributed by atoms with Gasteiger partial charge in [0.2, 0.25) is 0 Å². The average molecular weight is 328 g/mol. The second-order valence-electron chi connectivity index (χ2n) is 5.89. The number of carbonyl (C=O) groups excluding carboxylic acids is 1. The Morgan fingerprint density at radius 3 is 2.58 bits per heavy atom. The number of anilines is 1. The van der Waals surface area contributed by atoms with E-state index in [4.69, 9.17) is 9.47 Å². The number of rotatable bonds is 5. The van der Waals surface area contributed by atoms with Gasteiger partial charge in [0.15, 0.2) is 0 Å². The molecule has 2 aromatic rings. The van der Waals surface area contributed by atoms with E-state index < -0.39 is 0 Å². The number of benzene rings is 1. The number of ether oxygens (including phenoxy) is 2. The predicted molar refractivity (Wildman–Crippen MR) is 93.7 cm³/mol. The van der Waals surface area contributed by atoms with E-state index in [1.165, 1.54) is 5.56 Å². The van der Waals surface area contributed by atoms with Crippen molar-refractivity contribution in [1.82, 2.24) is 4.57 Å². The molecule has 0 radical (unpaired) electrons. The summed E-state index contributed by atoms with van der Waals surface area (Å²) in [6.45, 7) is 8.03. The van der Waals surface area contributed by atoms with Crippen molar-refractivity contribution in [3.8, 4) is 0 Å². The molecule has 0 saturated carbocycles. The Balaban J connectivity index is 1.98. The molecule has 1 aromatic carbocycles. The first-order valence-corrected chi connectivity index (χ1v) is 8.44. The summed E-state index contributed by atoms with van der Waals surface area (Å²) in [4.78, 5) is 14.6. The molecule has 2 heterocycles. The van der Waals surface area contributed by atoms with Gasteiger partial charge >= 0.3 is 5.97 Å². The Morgan fingerprint density at radius 1 is 1.21 bits per heavy atom. The monoisotopic (exact) mass is 328 g/mol. The Hall–Kier alpha value is -2.27. The molecular weight excluding hydrogens is 304 g/mol. The fraction of sp³-hybridized carbons (Fsp3) is 0.421. The Bertz CT molecular complexity index is 688. The van der Waals surface area contributed by atoms with E-state index in [0.29, 0.717) is 25.4 Å². The van der Waals surface area contributed by atoms with Crippen LogP contribution in [0, 0.1) is 6.92 Å².